The molecule has 2 aromatic carbocycles. The Morgan fingerprint density at radius 2 is 1.06 bits per heavy atom. The van der Waals surface area contributed by atoms with Gasteiger partial charge in [0.15, 0.2) is 11.3 Å². The van der Waals surface area contributed by atoms with Crippen molar-refractivity contribution < 1.29 is 18.3 Å². The Labute approximate surface area is 312 Å². The number of fused-ring (bicyclic) bond motifs is 2. The maximum absolute atomic E-state index is 14.1. The Hall–Kier alpha value is -4.28. The summed E-state index contributed by atoms with van der Waals surface area (Å²) in [6.07, 6.45) is 11.0. The van der Waals surface area contributed by atoms with Crippen LogP contribution in [0.1, 0.15) is 85.3 Å². The molecule has 0 spiro atoms. The van der Waals surface area contributed by atoms with Crippen LogP contribution >= 0.6 is 23.2 Å². The summed E-state index contributed by atoms with van der Waals surface area (Å²) in [6, 6.07) is 13.3. The minimum atomic E-state index is -0.303. The van der Waals surface area contributed by atoms with Gasteiger partial charge in [-0.15, -0.1) is 20.4 Å². The Bertz CT molecular complexity index is 2020. The van der Waals surface area contributed by atoms with E-state index in [4.69, 9.17) is 32.7 Å². The van der Waals surface area contributed by atoms with Crippen LogP contribution in [0, 0.1) is 37.3 Å². The second-order valence-corrected chi connectivity index (χ2v) is 15.0. The summed E-state index contributed by atoms with van der Waals surface area (Å²) in [4.78, 5) is 0. The number of benzene rings is 2. The first-order valence-corrected chi connectivity index (χ1v) is 18.6. The Balaban J connectivity index is 0.000000162. The lowest BCUT2D eigenvalue weighted by Gasteiger charge is -2.17. The standard InChI is InChI=1S/2C20H21ClFN3O/c2*1-12(19-15(21)4-3-5-16(19)22)11-26-17-8-9-25-18(10-14-6-7-14)23-24-20(25)13(17)2/h2*3-5,8-9,12,14H,6-7,10-11H2,1-2H3/t2*12-/m10/s1. The highest BCUT2D eigenvalue weighted by Gasteiger charge is 2.26. The summed E-state index contributed by atoms with van der Waals surface area (Å²) in [6.45, 7) is 8.43. The Morgan fingerprint density at radius 3 is 1.42 bits per heavy atom. The number of hydrogen-bond donors (Lipinski definition) is 0. The van der Waals surface area contributed by atoms with E-state index in [1.807, 2.05) is 61.0 Å². The third-order valence-corrected chi connectivity index (χ3v) is 10.7. The quantitative estimate of drug-likeness (QED) is 0.124. The van der Waals surface area contributed by atoms with Crippen molar-refractivity contribution in [3.05, 3.63) is 117 Å². The number of halogens is 4. The smallest absolute Gasteiger partial charge is 0.167 e. The van der Waals surface area contributed by atoms with Crippen molar-refractivity contribution in [1.29, 1.82) is 0 Å². The molecule has 0 unspecified atom stereocenters. The van der Waals surface area contributed by atoms with Gasteiger partial charge in [0.2, 0.25) is 0 Å². The summed E-state index contributed by atoms with van der Waals surface area (Å²) in [7, 11) is 0. The number of hydrogen-bond acceptors (Lipinski definition) is 6. The Morgan fingerprint density at radius 1 is 0.654 bits per heavy atom. The van der Waals surface area contributed by atoms with Gasteiger partial charge in [-0.2, -0.15) is 0 Å². The zero-order valence-electron chi connectivity index (χ0n) is 29.8. The number of aryl methyl sites for hydroxylation is 2. The molecule has 272 valence electrons. The largest absolute Gasteiger partial charge is 0.492 e. The molecule has 2 aliphatic carbocycles. The van der Waals surface area contributed by atoms with Gasteiger partial charge in [-0.05, 0) is 87.8 Å². The minimum Gasteiger partial charge on any atom is -0.492 e. The molecule has 12 heteroatoms. The Kier molecular flexibility index (Phi) is 10.7. The average Bonchev–Trinajstić information content (AvgIpc) is 4.03. The van der Waals surface area contributed by atoms with Crippen LogP contribution in [-0.4, -0.2) is 42.4 Å². The maximum Gasteiger partial charge on any atom is 0.167 e. The van der Waals surface area contributed by atoms with E-state index in [-0.39, 0.29) is 23.5 Å². The van der Waals surface area contributed by atoms with Crippen molar-refractivity contribution in [3.63, 3.8) is 0 Å². The highest BCUT2D eigenvalue weighted by molar-refractivity contribution is 6.31. The van der Waals surface area contributed by atoms with Crippen molar-refractivity contribution in [2.75, 3.05) is 13.2 Å². The summed E-state index contributed by atoms with van der Waals surface area (Å²) in [5, 5.41) is 18.2. The molecule has 2 aliphatic rings. The van der Waals surface area contributed by atoms with Crippen LogP contribution in [0.2, 0.25) is 10.0 Å². The van der Waals surface area contributed by atoms with Crippen molar-refractivity contribution in [2.45, 2.75) is 78.1 Å². The first-order chi connectivity index (χ1) is 25.1. The highest BCUT2D eigenvalue weighted by Crippen LogP contribution is 2.35. The summed E-state index contributed by atoms with van der Waals surface area (Å²) in [5.41, 5.74) is 4.48. The molecular weight excluding hydrogens is 705 g/mol. The molecule has 2 saturated carbocycles. The van der Waals surface area contributed by atoms with Crippen LogP contribution in [0.5, 0.6) is 11.5 Å². The molecule has 4 heterocycles. The van der Waals surface area contributed by atoms with E-state index in [1.54, 1.807) is 24.3 Å². The molecule has 6 aromatic rings. The molecule has 52 heavy (non-hydrogen) atoms. The van der Waals surface area contributed by atoms with Gasteiger partial charge in [0.1, 0.15) is 34.8 Å². The molecule has 2 fully saturated rings. The van der Waals surface area contributed by atoms with Gasteiger partial charge < -0.3 is 9.47 Å². The van der Waals surface area contributed by atoms with Gasteiger partial charge in [-0.3, -0.25) is 8.80 Å². The van der Waals surface area contributed by atoms with E-state index < -0.39 is 0 Å². The van der Waals surface area contributed by atoms with Gasteiger partial charge in [0.25, 0.3) is 0 Å². The fraction of sp³-hybridized carbons (Fsp3) is 0.400. The fourth-order valence-electron chi connectivity index (χ4n) is 6.54. The maximum atomic E-state index is 14.1. The molecule has 2 atom stereocenters. The molecule has 0 aliphatic heterocycles. The first kappa shape index (κ1) is 36.1. The van der Waals surface area contributed by atoms with E-state index in [0.29, 0.717) is 34.4 Å². The van der Waals surface area contributed by atoms with Crippen LogP contribution in [0.15, 0.2) is 60.9 Å². The molecule has 0 amide bonds. The van der Waals surface area contributed by atoms with E-state index in [2.05, 4.69) is 20.4 Å². The van der Waals surface area contributed by atoms with Crippen molar-refractivity contribution >= 4 is 34.5 Å². The second kappa shape index (κ2) is 15.4. The summed E-state index contributed by atoms with van der Waals surface area (Å²) >= 11 is 12.3. The topological polar surface area (TPSA) is 78.8 Å². The number of ether oxygens (including phenoxy) is 2. The fourth-order valence-corrected chi connectivity index (χ4v) is 7.24. The molecule has 8 rings (SSSR count). The van der Waals surface area contributed by atoms with Gasteiger partial charge in [0, 0.05) is 69.4 Å². The number of aromatic nitrogens is 6. The minimum absolute atomic E-state index is 0.164. The lowest BCUT2D eigenvalue weighted by Crippen LogP contribution is -2.10. The first-order valence-electron chi connectivity index (χ1n) is 17.9. The van der Waals surface area contributed by atoms with E-state index in [9.17, 15) is 8.78 Å². The average molecular weight is 748 g/mol. The highest BCUT2D eigenvalue weighted by atomic mass is 35.5. The van der Waals surface area contributed by atoms with Crippen LogP contribution < -0.4 is 9.47 Å². The van der Waals surface area contributed by atoms with Gasteiger partial charge in [-0.1, -0.05) is 49.2 Å². The molecule has 4 aromatic heterocycles. The van der Waals surface area contributed by atoms with Crippen LogP contribution in [0.4, 0.5) is 8.78 Å². The third kappa shape index (κ3) is 7.88. The van der Waals surface area contributed by atoms with E-state index >= 15 is 0 Å². The predicted molar refractivity (Wildman–Crippen MR) is 199 cm³/mol. The third-order valence-electron chi connectivity index (χ3n) is 9.99. The zero-order chi connectivity index (χ0) is 36.5. The van der Waals surface area contributed by atoms with Crippen molar-refractivity contribution in [1.82, 2.24) is 29.2 Å². The number of pyridine rings is 2. The van der Waals surface area contributed by atoms with Crippen molar-refractivity contribution in [3.8, 4) is 11.5 Å². The van der Waals surface area contributed by atoms with Crippen LogP contribution in [0.3, 0.4) is 0 Å². The van der Waals surface area contributed by atoms with Crippen molar-refractivity contribution in [2.24, 2.45) is 11.8 Å². The molecule has 0 radical (unpaired) electrons. The predicted octanol–water partition coefficient (Wildman–Crippen LogP) is 9.93. The summed E-state index contributed by atoms with van der Waals surface area (Å²) in [5.74, 6) is 4.06. The second-order valence-electron chi connectivity index (χ2n) is 14.2. The molecule has 0 saturated heterocycles. The van der Waals surface area contributed by atoms with E-state index in [1.165, 1.54) is 37.8 Å². The van der Waals surface area contributed by atoms with Crippen LogP contribution in [0.25, 0.3) is 11.3 Å². The van der Waals surface area contributed by atoms with E-state index in [0.717, 1.165) is 70.2 Å². The molecule has 0 N–H and O–H groups in total. The normalized spacial score (nSPS) is 15.4. The van der Waals surface area contributed by atoms with Crippen LogP contribution in [-0.2, 0) is 12.8 Å². The molecule has 8 nitrogen and oxygen atoms in total. The lowest BCUT2D eigenvalue weighted by molar-refractivity contribution is 0.291. The zero-order valence-corrected chi connectivity index (χ0v) is 31.3. The van der Waals surface area contributed by atoms with Gasteiger partial charge >= 0.3 is 0 Å². The number of rotatable bonds is 12. The number of nitrogens with zero attached hydrogens (tertiary/aromatic N) is 6. The summed E-state index contributed by atoms with van der Waals surface area (Å²) < 4.78 is 44.1. The lowest BCUT2D eigenvalue weighted by atomic mass is 10.0. The van der Waals surface area contributed by atoms with Gasteiger partial charge in [-0.25, -0.2) is 8.78 Å². The van der Waals surface area contributed by atoms with Gasteiger partial charge in [0.05, 0.1) is 13.2 Å². The monoisotopic (exact) mass is 746 g/mol. The molecule has 0 bridgehead atoms. The molecular formula is C40H42Cl2F2N6O2. The SMILES string of the molecule is Cc1c(OC[C@@H](C)c2c(F)cccc2Cl)ccn2c(CC3CC3)nnc12.Cc1c(OC[C@H](C)c2c(F)cccc2Cl)ccn2c(CC3CC3)nnc12.